The molecule has 2 aliphatic rings. The number of hydrogen-bond donors (Lipinski definition) is 2. The van der Waals surface area contributed by atoms with Crippen molar-refractivity contribution in [1.29, 1.82) is 5.26 Å². The Morgan fingerprint density at radius 1 is 1.12 bits per heavy atom. The van der Waals surface area contributed by atoms with Crippen LogP contribution in [0.5, 0.6) is 0 Å². The largest absolute Gasteiger partial charge is 0.379 e. The van der Waals surface area contributed by atoms with Crippen molar-refractivity contribution in [3.8, 4) is 6.07 Å². The first kappa shape index (κ1) is 21.8. The highest BCUT2D eigenvalue weighted by Gasteiger charge is 2.22. The van der Waals surface area contributed by atoms with Gasteiger partial charge in [-0.05, 0) is 12.1 Å². The first-order chi connectivity index (χ1) is 15.7. The molecular weight excluding hydrogens is 410 g/mol. The number of para-hydroxylation sites is 1. The molecule has 0 unspecified atom stereocenters. The summed E-state index contributed by atoms with van der Waals surface area (Å²) < 4.78 is 5.31. The van der Waals surface area contributed by atoms with Crippen LogP contribution in [0.3, 0.4) is 0 Å². The van der Waals surface area contributed by atoms with E-state index in [1.165, 1.54) is 6.20 Å². The predicted octanol–water partition coefficient (Wildman–Crippen LogP) is 0.0302. The van der Waals surface area contributed by atoms with Crippen molar-refractivity contribution in [2.24, 2.45) is 0 Å². The van der Waals surface area contributed by atoms with E-state index < -0.39 is 11.5 Å². The highest BCUT2D eigenvalue weighted by molar-refractivity contribution is 5.93. The first-order valence-corrected chi connectivity index (χ1v) is 10.8. The molecule has 10 nitrogen and oxygen atoms in total. The molecule has 10 heteroatoms. The maximum atomic E-state index is 12.5. The number of nitrogens with one attached hydrogen (secondary N) is 2. The Hall–Kier alpha value is -3.42. The summed E-state index contributed by atoms with van der Waals surface area (Å²) in [6, 6.07) is 9.77. The van der Waals surface area contributed by atoms with Gasteiger partial charge in [0.1, 0.15) is 11.6 Å². The number of nitrogens with zero attached hydrogens (tertiary/aromatic N) is 5. The SMILES string of the molecule is N#Cc1ccccc1N1CCN(c2ncc(C(=O)NCCN3CCOCC3)c(=O)[nH]2)CC1. The van der Waals surface area contributed by atoms with Gasteiger partial charge in [-0.15, -0.1) is 0 Å². The summed E-state index contributed by atoms with van der Waals surface area (Å²) in [6.45, 7) is 6.99. The molecule has 168 valence electrons. The van der Waals surface area contributed by atoms with Gasteiger partial charge in [-0.1, -0.05) is 12.1 Å². The van der Waals surface area contributed by atoms with Gasteiger partial charge >= 0.3 is 0 Å². The number of morpholine rings is 1. The molecule has 0 saturated carbocycles. The van der Waals surface area contributed by atoms with Crippen LogP contribution in [0.15, 0.2) is 35.3 Å². The van der Waals surface area contributed by atoms with Crippen molar-refractivity contribution < 1.29 is 9.53 Å². The van der Waals surface area contributed by atoms with E-state index in [2.05, 4.69) is 31.2 Å². The molecule has 0 radical (unpaired) electrons. The zero-order valence-corrected chi connectivity index (χ0v) is 17.9. The zero-order chi connectivity index (χ0) is 22.3. The quantitative estimate of drug-likeness (QED) is 0.650. The minimum absolute atomic E-state index is 0.0114. The molecule has 3 heterocycles. The second kappa shape index (κ2) is 10.3. The molecule has 0 spiro atoms. The average Bonchev–Trinajstić information content (AvgIpc) is 2.84. The van der Waals surface area contributed by atoms with Gasteiger partial charge in [0.2, 0.25) is 5.95 Å². The van der Waals surface area contributed by atoms with Gasteiger partial charge in [0.25, 0.3) is 11.5 Å². The number of amides is 1. The van der Waals surface area contributed by atoms with Crippen LogP contribution < -0.4 is 20.7 Å². The standard InChI is InChI=1S/C22H27N7O3/c23-15-17-3-1-2-4-19(17)28-7-9-29(10-8-28)22-25-16-18(21(31)26-22)20(30)24-5-6-27-11-13-32-14-12-27/h1-4,16H,5-14H2,(H,24,30)(H,25,26,31). The second-order valence-corrected chi connectivity index (χ2v) is 7.76. The number of hydrogen-bond acceptors (Lipinski definition) is 8. The summed E-state index contributed by atoms with van der Waals surface area (Å²) in [5.41, 5.74) is 1.13. The predicted molar refractivity (Wildman–Crippen MR) is 120 cm³/mol. The van der Waals surface area contributed by atoms with Crippen LogP contribution in [-0.2, 0) is 4.74 Å². The molecule has 32 heavy (non-hydrogen) atoms. The number of nitriles is 1. The third-order valence-electron chi connectivity index (χ3n) is 5.79. The Balaban J connectivity index is 1.32. The monoisotopic (exact) mass is 437 g/mol. The molecule has 0 aliphatic carbocycles. The number of piperazine rings is 1. The van der Waals surface area contributed by atoms with Crippen molar-refractivity contribution in [2.75, 3.05) is 75.4 Å². The van der Waals surface area contributed by atoms with Crippen LogP contribution in [0.4, 0.5) is 11.6 Å². The topological polar surface area (TPSA) is 118 Å². The lowest BCUT2D eigenvalue weighted by Gasteiger charge is -2.36. The van der Waals surface area contributed by atoms with E-state index in [4.69, 9.17) is 4.74 Å². The number of rotatable bonds is 6. The number of anilines is 2. The lowest BCUT2D eigenvalue weighted by atomic mass is 10.1. The Morgan fingerprint density at radius 2 is 1.84 bits per heavy atom. The highest BCUT2D eigenvalue weighted by atomic mass is 16.5. The molecular formula is C22H27N7O3. The molecule has 2 aromatic rings. The van der Waals surface area contributed by atoms with Gasteiger partial charge in [-0.2, -0.15) is 5.26 Å². The minimum Gasteiger partial charge on any atom is -0.379 e. The van der Waals surface area contributed by atoms with Crippen LogP contribution in [0, 0.1) is 11.3 Å². The van der Waals surface area contributed by atoms with E-state index in [-0.39, 0.29) is 5.56 Å². The van der Waals surface area contributed by atoms with Crippen molar-refractivity contribution in [3.05, 3.63) is 51.9 Å². The number of ether oxygens (including phenoxy) is 1. The van der Waals surface area contributed by atoms with Crippen LogP contribution in [0.1, 0.15) is 15.9 Å². The molecule has 2 fully saturated rings. The summed E-state index contributed by atoms with van der Waals surface area (Å²) >= 11 is 0. The maximum absolute atomic E-state index is 12.5. The van der Waals surface area contributed by atoms with E-state index >= 15 is 0 Å². The van der Waals surface area contributed by atoms with E-state index in [1.54, 1.807) is 0 Å². The summed E-state index contributed by atoms with van der Waals surface area (Å²) in [5.74, 6) is 0.0320. The fourth-order valence-corrected chi connectivity index (χ4v) is 3.96. The molecule has 0 bridgehead atoms. The van der Waals surface area contributed by atoms with Crippen LogP contribution in [0.2, 0.25) is 0 Å². The van der Waals surface area contributed by atoms with Gasteiger partial charge in [-0.3, -0.25) is 19.5 Å². The van der Waals surface area contributed by atoms with Gasteiger partial charge in [0.05, 0.1) is 24.5 Å². The summed E-state index contributed by atoms with van der Waals surface area (Å²) in [4.78, 5) is 38.3. The zero-order valence-electron chi connectivity index (χ0n) is 17.9. The van der Waals surface area contributed by atoms with E-state index in [9.17, 15) is 14.9 Å². The molecule has 1 amide bonds. The van der Waals surface area contributed by atoms with E-state index in [0.717, 1.165) is 25.3 Å². The third-order valence-corrected chi connectivity index (χ3v) is 5.79. The first-order valence-electron chi connectivity index (χ1n) is 10.8. The van der Waals surface area contributed by atoms with Crippen molar-refractivity contribution >= 4 is 17.5 Å². The molecule has 1 aromatic carbocycles. The smallest absolute Gasteiger partial charge is 0.265 e. The molecule has 2 N–H and O–H groups in total. The Bertz CT molecular complexity index is 1030. The Labute approximate surface area is 186 Å². The lowest BCUT2D eigenvalue weighted by Crippen LogP contribution is -2.48. The van der Waals surface area contributed by atoms with Gasteiger partial charge in [-0.25, -0.2) is 4.98 Å². The van der Waals surface area contributed by atoms with E-state index in [1.807, 2.05) is 29.2 Å². The fourth-order valence-electron chi connectivity index (χ4n) is 3.96. The van der Waals surface area contributed by atoms with E-state index in [0.29, 0.717) is 57.4 Å². The van der Waals surface area contributed by atoms with Crippen LogP contribution in [0.25, 0.3) is 0 Å². The molecule has 2 aliphatic heterocycles. The molecule has 0 atom stereocenters. The fraction of sp³-hybridized carbons (Fsp3) is 0.455. The third kappa shape index (κ3) is 5.07. The molecule has 2 saturated heterocycles. The number of H-pyrrole nitrogens is 1. The van der Waals surface area contributed by atoms with Gasteiger partial charge < -0.3 is 19.9 Å². The number of aromatic amines is 1. The molecule has 4 rings (SSSR count). The minimum atomic E-state index is -0.448. The van der Waals surface area contributed by atoms with Crippen molar-refractivity contribution in [3.63, 3.8) is 0 Å². The lowest BCUT2D eigenvalue weighted by molar-refractivity contribution is 0.0383. The van der Waals surface area contributed by atoms with Gasteiger partial charge in [0.15, 0.2) is 0 Å². The highest BCUT2D eigenvalue weighted by Crippen LogP contribution is 2.21. The Kier molecular flexibility index (Phi) is 6.99. The summed E-state index contributed by atoms with van der Waals surface area (Å²) in [6.07, 6.45) is 1.34. The average molecular weight is 438 g/mol. The molecule has 1 aromatic heterocycles. The van der Waals surface area contributed by atoms with Crippen LogP contribution in [-0.4, -0.2) is 86.3 Å². The number of carbonyl (C=O) groups excluding carboxylic acids is 1. The van der Waals surface area contributed by atoms with Crippen LogP contribution >= 0.6 is 0 Å². The number of carbonyl (C=O) groups is 1. The maximum Gasteiger partial charge on any atom is 0.265 e. The van der Waals surface area contributed by atoms with Gasteiger partial charge in [0, 0.05) is 58.6 Å². The van der Waals surface area contributed by atoms with Crippen molar-refractivity contribution in [1.82, 2.24) is 20.2 Å². The summed E-state index contributed by atoms with van der Waals surface area (Å²) in [5, 5.41) is 12.1. The second-order valence-electron chi connectivity index (χ2n) is 7.76. The van der Waals surface area contributed by atoms with Crippen molar-refractivity contribution in [2.45, 2.75) is 0 Å². The summed E-state index contributed by atoms with van der Waals surface area (Å²) in [7, 11) is 0. The Morgan fingerprint density at radius 3 is 2.56 bits per heavy atom. The normalized spacial score (nSPS) is 17.1. The number of benzene rings is 1. The number of aromatic nitrogens is 2.